The van der Waals surface area contributed by atoms with Gasteiger partial charge >= 0.3 is 0 Å². The zero-order valence-electron chi connectivity index (χ0n) is 21.3. The maximum Gasteiger partial charge on any atom is -0.000718 e. The van der Waals surface area contributed by atoms with Gasteiger partial charge in [-0.05, 0) is 97.4 Å². The molecule has 3 aromatic rings. The molecule has 0 nitrogen and oxygen atoms in total. The summed E-state index contributed by atoms with van der Waals surface area (Å²) >= 11 is 0. The Morgan fingerprint density at radius 2 is 0.865 bits per heavy atom. The first-order valence-electron chi connectivity index (χ1n) is 13.1. The third kappa shape index (κ3) is 3.44. The van der Waals surface area contributed by atoms with Gasteiger partial charge in [-0.15, -0.1) is 0 Å². The van der Waals surface area contributed by atoms with E-state index in [-0.39, 0.29) is 0 Å². The highest BCUT2D eigenvalue weighted by Gasteiger charge is 2.21. The number of fused-ring (bicyclic) bond motifs is 4. The summed E-state index contributed by atoms with van der Waals surface area (Å²) in [5.41, 5.74) is 13.5. The van der Waals surface area contributed by atoms with Crippen LogP contribution in [0, 0.1) is 13.8 Å². The molecular weight excluding hydrogens is 444 g/mol. The van der Waals surface area contributed by atoms with Crippen LogP contribution in [0.1, 0.15) is 22.3 Å². The van der Waals surface area contributed by atoms with E-state index in [2.05, 4.69) is 135 Å². The molecule has 7 rings (SSSR count). The lowest BCUT2D eigenvalue weighted by Crippen LogP contribution is -1.95. The van der Waals surface area contributed by atoms with E-state index in [1.165, 1.54) is 77.2 Å². The van der Waals surface area contributed by atoms with Gasteiger partial charge in [0.1, 0.15) is 0 Å². The summed E-state index contributed by atoms with van der Waals surface area (Å²) < 4.78 is 0. The van der Waals surface area contributed by atoms with E-state index >= 15 is 0 Å². The molecule has 0 atom stereocenters. The largest absolute Gasteiger partial charge is 0.0622 e. The fourth-order valence-electron chi connectivity index (χ4n) is 6.33. The molecule has 0 amide bonds. The van der Waals surface area contributed by atoms with E-state index in [1.807, 2.05) is 0 Å². The van der Waals surface area contributed by atoms with Crippen molar-refractivity contribution in [3.05, 3.63) is 144 Å². The Balaban J connectivity index is 1.54. The summed E-state index contributed by atoms with van der Waals surface area (Å²) in [6.07, 6.45) is 0.908. The number of hydrogen-bond donors (Lipinski definition) is 0. The van der Waals surface area contributed by atoms with Crippen molar-refractivity contribution in [2.75, 3.05) is 0 Å². The van der Waals surface area contributed by atoms with Crippen molar-refractivity contribution in [2.45, 2.75) is 20.3 Å². The lowest BCUT2D eigenvalue weighted by Gasteiger charge is -2.18. The van der Waals surface area contributed by atoms with Gasteiger partial charge in [-0.1, -0.05) is 121 Å². The van der Waals surface area contributed by atoms with Crippen LogP contribution in [0.5, 0.6) is 0 Å². The third-order valence-electron chi connectivity index (χ3n) is 7.99. The fourth-order valence-corrected chi connectivity index (χ4v) is 6.33. The van der Waals surface area contributed by atoms with Crippen LogP contribution < -0.4 is 0 Å². The van der Waals surface area contributed by atoms with Crippen molar-refractivity contribution in [3.63, 3.8) is 0 Å². The van der Waals surface area contributed by atoms with Gasteiger partial charge in [0.2, 0.25) is 0 Å². The maximum absolute atomic E-state index is 2.39. The Labute approximate surface area is 218 Å². The van der Waals surface area contributed by atoms with E-state index < -0.39 is 0 Å². The van der Waals surface area contributed by atoms with Gasteiger partial charge in [-0.2, -0.15) is 0 Å². The minimum absolute atomic E-state index is 0.908. The number of aryl methyl sites for hydroxylation is 2. The summed E-state index contributed by atoms with van der Waals surface area (Å²) in [4.78, 5) is 0. The maximum atomic E-state index is 2.39. The highest BCUT2D eigenvalue weighted by molar-refractivity contribution is 6.17. The molecule has 0 saturated heterocycles. The molecular formula is C37H28. The van der Waals surface area contributed by atoms with Gasteiger partial charge in [0.15, 0.2) is 0 Å². The molecule has 0 heteroatoms. The Kier molecular flexibility index (Phi) is 5.08. The minimum atomic E-state index is 0.908. The number of benzene rings is 3. The fraction of sp³-hybridized carbons (Fsp3) is 0.0811. The molecule has 4 aliphatic carbocycles. The highest BCUT2D eigenvalue weighted by Crippen LogP contribution is 2.46. The molecule has 0 spiro atoms. The zero-order chi connectivity index (χ0) is 24.9. The van der Waals surface area contributed by atoms with Crippen LogP contribution in [0.15, 0.2) is 121 Å². The normalized spacial score (nSPS) is 11.6. The first-order valence-corrected chi connectivity index (χ1v) is 13.1. The third-order valence-corrected chi connectivity index (χ3v) is 7.99. The standard InChI is InChI=1S/C37H28/c1-24-21-26(29-15-7-3-5-13-27(24)29)23-35-31-17-9-11-19-33(31)37(34-20-12-10-18-32(34)35)36-22-25(2)28-14-6-4-8-16-30(28)36/h3-22H,23H2,1-2H3. The quantitative estimate of drug-likeness (QED) is 0.224. The number of hydrogen-bond acceptors (Lipinski definition) is 0. The minimum Gasteiger partial charge on any atom is -0.0622 e. The zero-order valence-corrected chi connectivity index (χ0v) is 21.3. The smallest absolute Gasteiger partial charge is 0.000718 e. The Bertz CT molecular complexity index is 1810. The molecule has 0 N–H and O–H groups in total. The summed E-state index contributed by atoms with van der Waals surface area (Å²) in [6.45, 7) is 4.46. The Morgan fingerprint density at radius 1 is 0.405 bits per heavy atom. The van der Waals surface area contributed by atoms with Crippen LogP contribution in [0.4, 0.5) is 0 Å². The van der Waals surface area contributed by atoms with Crippen molar-refractivity contribution < 1.29 is 0 Å². The highest BCUT2D eigenvalue weighted by atomic mass is 14.2. The molecule has 176 valence electrons. The average molecular weight is 473 g/mol. The second-order valence-corrected chi connectivity index (χ2v) is 10.2. The molecule has 0 heterocycles. The van der Waals surface area contributed by atoms with Crippen molar-refractivity contribution in [3.8, 4) is 33.4 Å². The van der Waals surface area contributed by atoms with Crippen molar-refractivity contribution in [1.29, 1.82) is 0 Å². The molecule has 0 aromatic heterocycles. The van der Waals surface area contributed by atoms with Crippen molar-refractivity contribution in [1.82, 2.24) is 0 Å². The summed E-state index contributed by atoms with van der Waals surface area (Å²) in [7, 11) is 0. The molecule has 0 radical (unpaired) electrons. The lowest BCUT2D eigenvalue weighted by atomic mass is 9.85. The Hall–Kier alpha value is -4.42. The lowest BCUT2D eigenvalue weighted by molar-refractivity contribution is 1.25. The Morgan fingerprint density at radius 3 is 1.49 bits per heavy atom. The predicted octanol–water partition coefficient (Wildman–Crippen LogP) is 10.1. The first-order chi connectivity index (χ1) is 18.2. The van der Waals surface area contributed by atoms with E-state index in [4.69, 9.17) is 0 Å². The van der Waals surface area contributed by atoms with Gasteiger partial charge in [-0.25, -0.2) is 0 Å². The van der Waals surface area contributed by atoms with E-state index in [1.54, 1.807) is 0 Å². The van der Waals surface area contributed by atoms with Crippen LogP contribution in [0.2, 0.25) is 0 Å². The molecule has 0 saturated carbocycles. The topological polar surface area (TPSA) is 0 Å². The van der Waals surface area contributed by atoms with Crippen LogP contribution in [0.25, 0.3) is 54.9 Å². The van der Waals surface area contributed by atoms with Crippen LogP contribution in [0.3, 0.4) is 0 Å². The van der Waals surface area contributed by atoms with Gasteiger partial charge in [0, 0.05) is 0 Å². The molecule has 0 unspecified atom stereocenters. The van der Waals surface area contributed by atoms with E-state index in [0.29, 0.717) is 0 Å². The van der Waals surface area contributed by atoms with Crippen LogP contribution in [-0.2, 0) is 6.42 Å². The molecule has 0 fully saturated rings. The average Bonchev–Trinajstić information content (AvgIpc) is 3.17. The van der Waals surface area contributed by atoms with E-state index in [0.717, 1.165) is 6.42 Å². The van der Waals surface area contributed by atoms with Crippen LogP contribution >= 0.6 is 0 Å². The predicted molar refractivity (Wildman–Crippen MR) is 159 cm³/mol. The van der Waals surface area contributed by atoms with Gasteiger partial charge < -0.3 is 0 Å². The molecule has 3 aromatic carbocycles. The van der Waals surface area contributed by atoms with E-state index in [9.17, 15) is 0 Å². The first kappa shape index (κ1) is 21.8. The second kappa shape index (κ2) is 8.61. The van der Waals surface area contributed by atoms with Crippen molar-refractivity contribution in [2.24, 2.45) is 0 Å². The van der Waals surface area contributed by atoms with Gasteiger partial charge in [0.05, 0.1) is 0 Å². The van der Waals surface area contributed by atoms with Crippen LogP contribution in [-0.4, -0.2) is 0 Å². The number of rotatable bonds is 3. The summed E-state index contributed by atoms with van der Waals surface area (Å²) in [5.74, 6) is 0. The molecule has 0 aliphatic heterocycles. The molecule has 0 bridgehead atoms. The van der Waals surface area contributed by atoms with Crippen molar-refractivity contribution >= 4 is 21.5 Å². The molecule has 4 aliphatic rings. The summed E-state index contributed by atoms with van der Waals surface area (Å²) in [6, 6.07) is 44.7. The monoisotopic (exact) mass is 472 g/mol. The second-order valence-electron chi connectivity index (χ2n) is 10.2. The molecule has 37 heavy (non-hydrogen) atoms. The SMILES string of the molecule is Cc1cc(Cc2c3ccccc3c(-c3cc(C)c4cccccc3-4)c3ccccc23)c2cccccc1-2. The summed E-state index contributed by atoms with van der Waals surface area (Å²) in [5, 5.41) is 5.34. The van der Waals surface area contributed by atoms with Gasteiger partial charge in [0.25, 0.3) is 0 Å². The van der Waals surface area contributed by atoms with Gasteiger partial charge in [-0.3, -0.25) is 0 Å².